The van der Waals surface area contributed by atoms with Crippen LogP contribution in [-0.4, -0.2) is 29.5 Å². The first kappa shape index (κ1) is 12.0. The van der Waals surface area contributed by atoms with E-state index in [1.165, 1.54) is 0 Å². The molecule has 0 saturated carbocycles. The summed E-state index contributed by atoms with van der Waals surface area (Å²) in [7, 11) is 0. The maximum Gasteiger partial charge on any atom is 0.237 e. The lowest BCUT2D eigenvalue weighted by atomic mass is 10.1. The van der Waals surface area contributed by atoms with E-state index in [4.69, 9.17) is 0 Å². The topological polar surface area (TPSA) is 54.0 Å². The standard InChI is InChI=1S/C13H19N3O/c1-10(9-11-5-2-3-7-14-11)16-13(17)12-6-4-8-15-12/h2-3,5,7,10,12,15H,4,6,8-9H2,1H3,(H,16,17)/t10?,12-/m0/s1. The van der Waals surface area contributed by atoms with Crippen LogP contribution in [-0.2, 0) is 11.2 Å². The number of nitrogens with zero attached hydrogens (tertiary/aromatic N) is 1. The summed E-state index contributed by atoms with van der Waals surface area (Å²) < 4.78 is 0. The van der Waals surface area contributed by atoms with Crippen LogP contribution >= 0.6 is 0 Å². The number of rotatable bonds is 4. The molecule has 1 unspecified atom stereocenters. The van der Waals surface area contributed by atoms with Crippen LogP contribution < -0.4 is 10.6 Å². The van der Waals surface area contributed by atoms with E-state index in [0.29, 0.717) is 0 Å². The van der Waals surface area contributed by atoms with Gasteiger partial charge in [0.15, 0.2) is 0 Å². The second-order valence-corrected chi connectivity index (χ2v) is 4.58. The molecule has 1 saturated heterocycles. The normalized spacial score (nSPS) is 21.1. The van der Waals surface area contributed by atoms with Gasteiger partial charge in [-0.1, -0.05) is 6.07 Å². The Morgan fingerprint density at radius 2 is 2.53 bits per heavy atom. The molecular weight excluding hydrogens is 214 g/mol. The van der Waals surface area contributed by atoms with Gasteiger partial charge >= 0.3 is 0 Å². The van der Waals surface area contributed by atoms with Crippen LogP contribution in [0.3, 0.4) is 0 Å². The average Bonchev–Trinajstić information content (AvgIpc) is 2.83. The Balaban J connectivity index is 1.80. The van der Waals surface area contributed by atoms with Gasteiger partial charge in [-0.25, -0.2) is 0 Å². The van der Waals surface area contributed by atoms with Gasteiger partial charge < -0.3 is 10.6 Å². The first-order chi connectivity index (χ1) is 8.25. The molecule has 0 aliphatic carbocycles. The van der Waals surface area contributed by atoms with Crippen molar-refractivity contribution in [3.8, 4) is 0 Å². The number of hydrogen-bond donors (Lipinski definition) is 2. The van der Waals surface area contributed by atoms with Gasteiger partial charge in [0.1, 0.15) is 0 Å². The third-order valence-corrected chi connectivity index (χ3v) is 3.01. The largest absolute Gasteiger partial charge is 0.352 e. The second kappa shape index (κ2) is 5.77. The summed E-state index contributed by atoms with van der Waals surface area (Å²) in [5.74, 6) is 0.117. The fourth-order valence-corrected chi connectivity index (χ4v) is 2.14. The Hall–Kier alpha value is -1.42. The molecular formula is C13H19N3O. The van der Waals surface area contributed by atoms with Crippen molar-refractivity contribution in [2.45, 2.75) is 38.3 Å². The quantitative estimate of drug-likeness (QED) is 0.811. The summed E-state index contributed by atoms with van der Waals surface area (Å²) in [6.45, 7) is 2.97. The molecule has 4 nitrogen and oxygen atoms in total. The zero-order chi connectivity index (χ0) is 12.1. The molecule has 0 aromatic carbocycles. The minimum Gasteiger partial charge on any atom is -0.352 e. The smallest absolute Gasteiger partial charge is 0.237 e. The summed E-state index contributed by atoms with van der Waals surface area (Å²) in [5, 5.41) is 6.23. The molecule has 1 aliphatic heterocycles. The Morgan fingerprint density at radius 1 is 1.65 bits per heavy atom. The maximum absolute atomic E-state index is 11.9. The van der Waals surface area contributed by atoms with Crippen LogP contribution in [0.5, 0.6) is 0 Å². The van der Waals surface area contributed by atoms with Gasteiger partial charge in [0.25, 0.3) is 0 Å². The van der Waals surface area contributed by atoms with Gasteiger partial charge in [0, 0.05) is 24.4 Å². The number of carbonyl (C=O) groups is 1. The molecule has 1 aromatic heterocycles. The number of pyridine rings is 1. The van der Waals surface area contributed by atoms with E-state index in [1.54, 1.807) is 6.20 Å². The Bertz CT molecular complexity index is 360. The van der Waals surface area contributed by atoms with Crippen molar-refractivity contribution in [2.24, 2.45) is 0 Å². The first-order valence-electron chi connectivity index (χ1n) is 6.19. The van der Waals surface area contributed by atoms with Crippen molar-refractivity contribution in [3.63, 3.8) is 0 Å². The predicted octanol–water partition coefficient (Wildman–Crippen LogP) is 0.881. The molecule has 2 rings (SSSR count). The van der Waals surface area contributed by atoms with Crippen LogP contribution in [0.1, 0.15) is 25.5 Å². The van der Waals surface area contributed by atoms with Gasteiger partial charge in [-0.15, -0.1) is 0 Å². The molecule has 92 valence electrons. The lowest BCUT2D eigenvalue weighted by Gasteiger charge is -2.16. The van der Waals surface area contributed by atoms with Crippen LogP contribution in [0.15, 0.2) is 24.4 Å². The van der Waals surface area contributed by atoms with E-state index < -0.39 is 0 Å². The third-order valence-electron chi connectivity index (χ3n) is 3.01. The van der Waals surface area contributed by atoms with Crippen molar-refractivity contribution in [2.75, 3.05) is 6.54 Å². The Labute approximate surface area is 102 Å². The molecule has 17 heavy (non-hydrogen) atoms. The average molecular weight is 233 g/mol. The molecule has 0 bridgehead atoms. The van der Waals surface area contributed by atoms with Crippen molar-refractivity contribution in [3.05, 3.63) is 30.1 Å². The summed E-state index contributed by atoms with van der Waals surface area (Å²) in [6.07, 6.45) is 4.59. The van der Waals surface area contributed by atoms with Crippen molar-refractivity contribution < 1.29 is 4.79 Å². The fourth-order valence-electron chi connectivity index (χ4n) is 2.14. The molecule has 2 N–H and O–H groups in total. The highest BCUT2D eigenvalue weighted by molar-refractivity contribution is 5.82. The van der Waals surface area contributed by atoms with Gasteiger partial charge in [-0.3, -0.25) is 9.78 Å². The van der Waals surface area contributed by atoms with Gasteiger partial charge in [0.05, 0.1) is 6.04 Å². The second-order valence-electron chi connectivity index (χ2n) is 4.58. The van der Waals surface area contributed by atoms with Crippen molar-refractivity contribution in [1.29, 1.82) is 0 Å². The first-order valence-corrected chi connectivity index (χ1v) is 6.19. The Kier molecular flexibility index (Phi) is 4.09. The molecule has 1 fully saturated rings. The molecule has 0 radical (unpaired) electrons. The van der Waals surface area contributed by atoms with E-state index in [1.807, 2.05) is 25.1 Å². The highest BCUT2D eigenvalue weighted by Crippen LogP contribution is 2.06. The van der Waals surface area contributed by atoms with Crippen LogP contribution in [0.25, 0.3) is 0 Å². The molecule has 1 aromatic rings. The van der Waals surface area contributed by atoms with Crippen molar-refractivity contribution in [1.82, 2.24) is 15.6 Å². The monoisotopic (exact) mass is 233 g/mol. The van der Waals surface area contributed by atoms with E-state index in [0.717, 1.165) is 31.5 Å². The lowest BCUT2D eigenvalue weighted by molar-refractivity contribution is -0.123. The molecule has 4 heteroatoms. The number of nitrogens with one attached hydrogen (secondary N) is 2. The van der Waals surface area contributed by atoms with E-state index in [2.05, 4.69) is 15.6 Å². The minimum atomic E-state index is 0.00109. The van der Waals surface area contributed by atoms with E-state index in [9.17, 15) is 4.79 Å². The SMILES string of the molecule is CC(Cc1ccccn1)NC(=O)[C@@H]1CCCN1. The predicted molar refractivity (Wildman–Crippen MR) is 66.6 cm³/mol. The van der Waals surface area contributed by atoms with Gasteiger partial charge in [-0.05, 0) is 38.4 Å². The fraction of sp³-hybridized carbons (Fsp3) is 0.538. The van der Waals surface area contributed by atoms with Gasteiger partial charge in [-0.2, -0.15) is 0 Å². The van der Waals surface area contributed by atoms with Crippen LogP contribution in [0.2, 0.25) is 0 Å². The summed E-state index contributed by atoms with van der Waals surface area (Å²) in [4.78, 5) is 16.1. The maximum atomic E-state index is 11.9. The molecule has 1 aliphatic rings. The van der Waals surface area contributed by atoms with Gasteiger partial charge in [0.2, 0.25) is 5.91 Å². The number of hydrogen-bond acceptors (Lipinski definition) is 3. The zero-order valence-corrected chi connectivity index (χ0v) is 10.1. The molecule has 1 amide bonds. The van der Waals surface area contributed by atoms with Crippen LogP contribution in [0, 0.1) is 0 Å². The highest BCUT2D eigenvalue weighted by Gasteiger charge is 2.22. The van der Waals surface area contributed by atoms with E-state index in [-0.39, 0.29) is 18.0 Å². The highest BCUT2D eigenvalue weighted by atomic mass is 16.2. The number of carbonyl (C=O) groups excluding carboxylic acids is 1. The Morgan fingerprint density at radius 3 is 3.18 bits per heavy atom. The van der Waals surface area contributed by atoms with E-state index >= 15 is 0 Å². The molecule has 2 heterocycles. The number of amides is 1. The molecule has 0 spiro atoms. The molecule has 2 atom stereocenters. The zero-order valence-electron chi connectivity index (χ0n) is 10.1. The lowest BCUT2D eigenvalue weighted by Crippen LogP contribution is -2.44. The number of aromatic nitrogens is 1. The third kappa shape index (κ3) is 3.53. The summed E-state index contributed by atoms with van der Waals surface area (Å²) >= 11 is 0. The van der Waals surface area contributed by atoms with Crippen molar-refractivity contribution >= 4 is 5.91 Å². The minimum absolute atomic E-state index is 0.00109. The summed E-state index contributed by atoms with van der Waals surface area (Å²) in [6, 6.07) is 5.97. The van der Waals surface area contributed by atoms with Crippen LogP contribution in [0.4, 0.5) is 0 Å². The summed E-state index contributed by atoms with van der Waals surface area (Å²) in [5.41, 5.74) is 1.01.